The van der Waals surface area contributed by atoms with Gasteiger partial charge in [0.15, 0.2) is 0 Å². The van der Waals surface area contributed by atoms with Crippen LogP contribution in [0.3, 0.4) is 0 Å². The predicted octanol–water partition coefficient (Wildman–Crippen LogP) is 6.44. The van der Waals surface area contributed by atoms with E-state index in [9.17, 15) is 0 Å². The molecule has 0 heterocycles. The topological polar surface area (TPSA) is 18.5 Å². The molecule has 0 N–H and O–H groups in total. The molecule has 0 atom stereocenters. The van der Waals surface area contributed by atoms with Crippen LogP contribution in [0.1, 0.15) is 11.1 Å². The van der Waals surface area contributed by atoms with E-state index in [4.69, 9.17) is 9.47 Å². The molecular formula is C30H22O2. The van der Waals surface area contributed by atoms with Gasteiger partial charge in [-0.05, 0) is 82.6 Å². The molecule has 4 aromatic rings. The maximum absolute atomic E-state index is 5.21. The summed E-state index contributed by atoms with van der Waals surface area (Å²) in [7, 11) is 3.34. The third-order valence-electron chi connectivity index (χ3n) is 5.09. The molecule has 0 amide bonds. The highest BCUT2D eigenvalue weighted by molar-refractivity contribution is 5.66. The van der Waals surface area contributed by atoms with Crippen LogP contribution in [-0.2, 0) is 0 Å². The van der Waals surface area contributed by atoms with Gasteiger partial charge in [-0.2, -0.15) is 0 Å². The zero-order valence-corrected chi connectivity index (χ0v) is 18.1. The highest BCUT2D eigenvalue weighted by Gasteiger charge is 1.99. The summed E-state index contributed by atoms with van der Waals surface area (Å²) in [6.07, 6.45) is 0. The first kappa shape index (κ1) is 20.9. The first-order valence-electron chi connectivity index (χ1n) is 10.3. The van der Waals surface area contributed by atoms with Crippen LogP contribution in [0.2, 0.25) is 0 Å². The second-order valence-corrected chi connectivity index (χ2v) is 7.11. The molecule has 0 bridgehead atoms. The number of methoxy groups -OCH3 is 2. The molecule has 4 aromatic carbocycles. The summed E-state index contributed by atoms with van der Waals surface area (Å²) < 4.78 is 10.4. The van der Waals surface area contributed by atoms with Gasteiger partial charge in [-0.3, -0.25) is 0 Å². The van der Waals surface area contributed by atoms with Crippen molar-refractivity contribution in [1.29, 1.82) is 0 Å². The van der Waals surface area contributed by atoms with Crippen molar-refractivity contribution in [3.05, 3.63) is 108 Å². The monoisotopic (exact) mass is 414 g/mol. The molecule has 0 aromatic heterocycles. The molecule has 4 rings (SSSR count). The van der Waals surface area contributed by atoms with Crippen LogP contribution < -0.4 is 9.47 Å². The van der Waals surface area contributed by atoms with Crippen molar-refractivity contribution in [2.75, 3.05) is 14.2 Å². The van der Waals surface area contributed by atoms with Crippen LogP contribution in [0.15, 0.2) is 97.1 Å². The maximum Gasteiger partial charge on any atom is 0.118 e. The van der Waals surface area contributed by atoms with Gasteiger partial charge in [0.05, 0.1) is 14.2 Å². The minimum absolute atomic E-state index is 0.852. The quantitative estimate of drug-likeness (QED) is 0.358. The van der Waals surface area contributed by atoms with Crippen molar-refractivity contribution in [2.45, 2.75) is 0 Å². The predicted molar refractivity (Wildman–Crippen MR) is 131 cm³/mol. The average molecular weight is 415 g/mol. The van der Waals surface area contributed by atoms with E-state index in [0.29, 0.717) is 0 Å². The lowest BCUT2D eigenvalue weighted by Crippen LogP contribution is -1.83. The minimum atomic E-state index is 0.852. The van der Waals surface area contributed by atoms with E-state index in [1.54, 1.807) is 14.2 Å². The summed E-state index contributed by atoms with van der Waals surface area (Å²) in [6, 6.07) is 32.3. The molecule has 0 aliphatic heterocycles. The molecule has 154 valence electrons. The lowest BCUT2D eigenvalue weighted by molar-refractivity contribution is 0.415. The van der Waals surface area contributed by atoms with E-state index in [1.165, 1.54) is 0 Å². The fraction of sp³-hybridized carbons (Fsp3) is 0.0667. The standard InChI is InChI=1S/C30H22O2/c1-31-29-19-15-27(16-20-29)25-11-7-23(8-12-25)5-3-4-6-24-9-13-26(14-10-24)28-17-21-30(32-2)22-18-28/h7-22H,1-2H3. The zero-order chi connectivity index (χ0) is 22.2. The highest BCUT2D eigenvalue weighted by atomic mass is 16.5. The second-order valence-electron chi connectivity index (χ2n) is 7.11. The lowest BCUT2D eigenvalue weighted by atomic mass is 10.0. The molecule has 0 spiro atoms. The molecule has 0 aliphatic carbocycles. The van der Waals surface area contributed by atoms with Crippen LogP contribution in [-0.4, -0.2) is 14.2 Å². The molecule has 2 nitrogen and oxygen atoms in total. The third kappa shape index (κ3) is 5.20. The van der Waals surface area contributed by atoms with E-state index < -0.39 is 0 Å². The van der Waals surface area contributed by atoms with E-state index >= 15 is 0 Å². The van der Waals surface area contributed by atoms with Gasteiger partial charge in [-0.15, -0.1) is 0 Å². The molecule has 0 saturated carbocycles. The first-order chi connectivity index (χ1) is 15.7. The van der Waals surface area contributed by atoms with Gasteiger partial charge in [0.25, 0.3) is 0 Å². The summed E-state index contributed by atoms with van der Waals surface area (Å²) in [4.78, 5) is 0. The maximum atomic E-state index is 5.21. The highest BCUT2D eigenvalue weighted by Crippen LogP contribution is 2.23. The molecule has 0 fully saturated rings. The molecule has 2 heteroatoms. The number of ether oxygens (including phenoxy) is 2. The number of benzene rings is 4. The Kier molecular flexibility index (Phi) is 6.57. The Hall–Kier alpha value is -4.40. The average Bonchev–Trinajstić information content (AvgIpc) is 2.87. The Morgan fingerprint density at radius 3 is 0.969 bits per heavy atom. The first-order valence-corrected chi connectivity index (χ1v) is 10.3. The Bertz CT molecular complexity index is 1180. The smallest absolute Gasteiger partial charge is 0.118 e. The third-order valence-corrected chi connectivity index (χ3v) is 5.09. The Labute approximate surface area is 189 Å². The van der Waals surface area contributed by atoms with Gasteiger partial charge in [-0.1, -0.05) is 60.4 Å². The SMILES string of the molecule is COc1ccc(-c2ccc(C#CC#Cc3ccc(-c4ccc(OC)cc4)cc3)cc2)cc1. The van der Waals surface area contributed by atoms with Crippen molar-refractivity contribution in [1.82, 2.24) is 0 Å². The van der Waals surface area contributed by atoms with Crippen LogP contribution in [0.4, 0.5) is 0 Å². The molecule has 32 heavy (non-hydrogen) atoms. The molecule has 0 saturated heterocycles. The number of hydrogen-bond acceptors (Lipinski definition) is 2. The Balaban J connectivity index is 1.40. The number of rotatable bonds is 4. The number of hydrogen-bond donors (Lipinski definition) is 0. The van der Waals surface area contributed by atoms with Crippen molar-refractivity contribution in [3.8, 4) is 57.4 Å². The Morgan fingerprint density at radius 2 is 0.688 bits per heavy atom. The summed E-state index contributed by atoms with van der Waals surface area (Å²) in [5.41, 5.74) is 6.44. The van der Waals surface area contributed by atoms with Gasteiger partial charge in [0, 0.05) is 11.1 Å². The fourth-order valence-corrected chi connectivity index (χ4v) is 3.27. The lowest BCUT2D eigenvalue weighted by Gasteiger charge is -2.03. The minimum Gasteiger partial charge on any atom is -0.497 e. The molecule has 0 radical (unpaired) electrons. The second kappa shape index (κ2) is 10.1. The van der Waals surface area contributed by atoms with Crippen molar-refractivity contribution < 1.29 is 9.47 Å². The largest absolute Gasteiger partial charge is 0.497 e. The van der Waals surface area contributed by atoms with Gasteiger partial charge in [-0.25, -0.2) is 0 Å². The van der Waals surface area contributed by atoms with E-state index in [0.717, 1.165) is 44.9 Å². The van der Waals surface area contributed by atoms with Crippen LogP contribution in [0, 0.1) is 23.7 Å². The molecule has 0 aliphatic rings. The summed E-state index contributed by atoms with van der Waals surface area (Å²) in [5.74, 6) is 13.8. The van der Waals surface area contributed by atoms with Crippen LogP contribution >= 0.6 is 0 Å². The molecular weight excluding hydrogens is 392 g/mol. The van der Waals surface area contributed by atoms with E-state index in [2.05, 4.69) is 47.9 Å². The van der Waals surface area contributed by atoms with Crippen molar-refractivity contribution >= 4 is 0 Å². The summed E-state index contributed by atoms with van der Waals surface area (Å²) in [6.45, 7) is 0. The van der Waals surface area contributed by atoms with E-state index in [-0.39, 0.29) is 0 Å². The van der Waals surface area contributed by atoms with Crippen molar-refractivity contribution in [3.63, 3.8) is 0 Å². The summed E-state index contributed by atoms with van der Waals surface area (Å²) >= 11 is 0. The zero-order valence-electron chi connectivity index (χ0n) is 18.1. The molecule has 0 unspecified atom stereocenters. The summed E-state index contributed by atoms with van der Waals surface area (Å²) in [5, 5.41) is 0. The van der Waals surface area contributed by atoms with Gasteiger partial charge < -0.3 is 9.47 Å². The van der Waals surface area contributed by atoms with Crippen molar-refractivity contribution in [2.24, 2.45) is 0 Å². The Morgan fingerprint density at radius 1 is 0.406 bits per heavy atom. The van der Waals surface area contributed by atoms with Crippen LogP contribution in [0.25, 0.3) is 22.3 Å². The normalized spacial score (nSPS) is 9.69. The fourth-order valence-electron chi connectivity index (χ4n) is 3.27. The van der Waals surface area contributed by atoms with Gasteiger partial charge >= 0.3 is 0 Å². The van der Waals surface area contributed by atoms with Crippen LogP contribution in [0.5, 0.6) is 11.5 Å². The van der Waals surface area contributed by atoms with E-state index in [1.807, 2.05) is 72.8 Å². The van der Waals surface area contributed by atoms with Gasteiger partial charge in [0.2, 0.25) is 0 Å². The van der Waals surface area contributed by atoms with Gasteiger partial charge in [0.1, 0.15) is 11.5 Å².